The van der Waals surface area contributed by atoms with Gasteiger partial charge >= 0.3 is 6.09 Å². The first-order valence-electron chi connectivity index (χ1n) is 13.9. The van der Waals surface area contributed by atoms with Crippen molar-refractivity contribution in [1.82, 2.24) is 10.2 Å². The molecule has 9 heteroatoms. The van der Waals surface area contributed by atoms with E-state index >= 15 is 4.39 Å². The topological polar surface area (TPSA) is 112 Å². The molecule has 2 N–H and O–H groups in total. The highest BCUT2D eigenvalue weighted by atomic mass is 19.1. The third kappa shape index (κ3) is 4.49. The molecule has 2 saturated carbocycles. The van der Waals surface area contributed by atoms with Crippen molar-refractivity contribution < 1.29 is 23.5 Å². The number of nitriles is 1. The van der Waals surface area contributed by atoms with E-state index in [2.05, 4.69) is 23.6 Å². The number of nitrogens with one attached hydrogen (secondary N) is 2. The van der Waals surface area contributed by atoms with E-state index in [1.165, 1.54) is 6.07 Å². The van der Waals surface area contributed by atoms with Crippen molar-refractivity contribution in [1.29, 1.82) is 5.26 Å². The van der Waals surface area contributed by atoms with E-state index < -0.39 is 29.6 Å². The molecule has 2 aliphatic carbocycles. The minimum absolute atomic E-state index is 0.00727. The molecule has 7 atom stereocenters. The summed E-state index contributed by atoms with van der Waals surface area (Å²) in [7, 11) is 0. The lowest BCUT2D eigenvalue weighted by molar-refractivity contribution is -0.128. The fourth-order valence-corrected chi connectivity index (χ4v) is 7.24. The molecule has 208 valence electrons. The van der Waals surface area contributed by atoms with Crippen LogP contribution in [0.3, 0.4) is 0 Å². The first kappa shape index (κ1) is 26.3. The van der Waals surface area contributed by atoms with Crippen molar-refractivity contribution in [2.24, 2.45) is 23.7 Å². The summed E-state index contributed by atoms with van der Waals surface area (Å²) in [4.78, 5) is 40.0. The fraction of sp³-hybridized carbons (Fsp3) is 0.484. The average molecular weight is 545 g/mol. The second kappa shape index (κ2) is 9.33. The van der Waals surface area contributed by atoms with E-state index in [0.29, 0.717) is 35.3 Å². The molecule has 6 rings (SSSR count). The van der Waals surface area contributed by atoms with Crippen molar-refractivity contribution >= 4 is 23.6 Å². The molecule has 0 spiro atoms. The third-order valence-electron chi connectivity index (χ3n) is 8.92. The molecule has 2 heterocycles. The maximum atomic E-state index is 15.2. The van der Waals surface area contributed by atoms with E-state index in [1.807, 2.05) is 18.2 Å². The van der Waals surface area contributed by atoms with Crippen LogP contribution in [0.1, 0.15) is 45.2 Å². The first-order valence-corrected chi connectivity index (χ1v) is 13.9. The molecule has 3 amide bonds. The van der Waals surface area contributed by atoms with Crippen LogP contribution < -0.4 is 10.6 Å². The summed E-state index contributed by atoms with van der Waals surface area (Å²) in [5.41, 5.74) is 2.70. The lowest BCUT2D eigenvalue weighted by Gasteiger charge is -2.35. The van der Waals surface area contributed by atoms with Gasteiger partial charge in [0.15, 0.2) is 0 Å². The molecule has 3 fully saturated rings. The van der Waals surface area contributed by atoms with E-state index in [0.717, 1.165) is 23.2 Å². The van der Waals surface area contributed by atoms with Crippen molar-refractivity contribution in [2.45, 2.75) is 70.7 Å². The van der Waals surface area contributed by atoms with Crippen molar-refractivity contribution in [3.63, 3.8) is 0 Å². The second-order valence-electron chi connectivity index (χ2n) is 12.6. The largest absolute Gasteiger partial charge is 0.444 e. The zero-order chi connectivity index (χ0) is 28.5. The number of halogens is 1. The van der Waals surface area contributed by atoms with Crippen LogP contribution in [-0.4, -0.2) is 46.5 Å². The van der Waals surface area contributed by atoms with Gasteiger partial charge in [-0.25, -0.2) is 9.18 Å². The van der Waals surface area contributed by atoms with Crippen LogP contribution in [0, 0.1) is 40.8 Å². The maximum Gasteiger partial charge on any atom is 0.411 e. The summed E-state index contributed by atoms with van der Waals surface area (Å²) in [6, 6.07) is 10.7. The Balaban J connectivity index is 1.16. The lowest BCUT2D eigenvalue weighted by atomic mass is 9.94. The smallest absolute Gasteiger partial charge is 0.411 e. The monoisotopic (exact) mass is 544 g/mol. The van der Waals surface area contributed by atoms with Gasteiger partial charge in [0.05, 0.1) is 12.5 Å². The SMILES string of the molecule is C[C@H]1C2C1[C@@H]1C[C@H]2[C@@H](C(=O)N[C@H](C#N)Cc2ccc(-c3ccc4c(c3)CC(=O)N4)cc2F)N1C(=O)OC(C)(C)C. The molecular weight excluding hydrogens is 511 g/mol. The highest BCUT2D eigenvalue weighted by Crippen LogP contribution is 2.67. The Hall–Kier alpha value is -3.93. The Morgan fingerprint density at radius 3 is 2.62 bits per heavy atom. The number of likely N-dealkylation sites (tertiary alicyclic amines) is 1. The van der Waals surface area contributed by atoms with Crippen LogP contribution >= 0.6 is 0 Å². The fourth-order valence-electron chi connectivity index (χ4n) is 7.24. The molecule has 2 aromatic carbocycles. The van der Waals surface area contributed by atoms with Crippen LogP contribution in [0.25, 0.3) is 11.1 Å². The molecule has 2 aliphatic heterocycles. The number of carbonyl (C=O) groups excluding carboxylic acids is 3. The molecule has 2 aromatic rings. The van der Waals surface area contributed by atoms with Crippen LogP contribution in [0.15, 0.2) is 36.4 Å². The zero-order valence-corrected chi connectivity index (χ0v) is 23.0. The number of benzene rings is 2. The second-order valence-corrected chi connectivity index (χ2v) is 12.6. The van der Waals surface area contributed by atoms with Crippen LogP contribution in [0.5, 0.6) is 0 Å². The molecule has 4 aliphatic rings. The van der Waals surface area contributed by atoms with Gasteiger partial charge in [0.2, 0.25) is 11.8 Å². The van der Waals surface area contributed by atoms with Gasteiger partial charge in [-0.3, -0.25) is 14.5 Å². The van der Waals surface area contributed by atoms with Crippen LogP contribution in [0.4, 0.5) is 14.9 Å². The Labute approximate surface area is 232 Å². The van der Waals surface area contributed by atoms with Gasteiger partial charge in [-0.2, -0.15) is 5.26 Å². The number of rotatable bonds is 5. The summed E-state index contributed by atoms with van der Waals surface area (Å²) in [6.07, 6.45) is 0.547. The number of fused-ring (bicyclic) bond motifs is 6. The molecule has 0 radical (unpaired) electrons. The van der Waals surface area contributed by atoms with E-state index in [9.17, 15) is 19.6 Å². The van der Waals surface area contributed by atoms with Gasteiger partial charge in [0.1, 0.15) is 23.5 Å². The highest BCUT2D eigenvalue weighted by Gasteiger charge is 2.71. The van der Waals surface area contributed by atoms with E-state index in [4.69, 9.17) is 4.74 Å². The van der Waals surface area contributed by atoms with Gasteiger partial charge in [-0.1, -0.05) is 25.1 Å². The molecule has 0 aromatic heterocycles. The summed E-state index contributed by atoms with van der Waals surface area (Å²) in [5.74, 6) is 0.345. The van der Waals surface area contributed by atoms with Gasteiger partial charge < -0.3 is 15.4 Å². The summed E-state index contributed by atoms with van der Waals surface area (Å²) in [5, 5.41) is 15.4. The Morgan fingerprint density at radius 2 is 1.93 bits per heavy atom. The van der Waals surface area contributed by atoms with E-state index in [-0.39, 0.29) is 30.2 Å². The Morgan fingerprint density at radius 1 is 1.20 bits per heavy atom. The molecule has 2 unspecified atom stereocenters. The van der Waals surface area contributed by atoms with Gasteiger partial charge in [0, 0.05) is 18.2 Å². The number of carbonyl (C=O) groups is 3. The minimum atomic E-state index is -0.961. The lowest BCUT2D eigenvalue weighted by Crippen LogP contribution is -2.56. The normalized spacial score (nSPS) is 28.3. The summed E-state index contributed by atoms with van der Waals surface area (Å²) < 4.78 is 20.8. The Kier molecular flexibility index (Phi) is 6.13. The van der Waals surface area contributed by atoms with Gasteiger partial charge in [-0.15, -0.1) is 0 Å². The number of hydrogen-bond acceptors (Lipinski definition) is 5. The highest BCUT2D eigenvalue weighted by molar-refractivity contribution is 5.99. The quantitative estimate of drug-likeness (QED) is 0.579. The van der Waals surface area contributed by atoms with Crippen molar-refractivity contribution in [2.75, 3.05) is 5.32 Å². The third-order valence-corrected chi connectivity index (χ3v) is 8.92. The zero-order valence-electron chi connectivity index (χ0n) is 23.0. The number of hydrogen-bond donors (Lipinski definition) is 2. The van der Waals surface area contributed by atoms with E-state index in [1.54, 1.807) is 37.8 Å². The number of piperidine rings is 1. The van der Waals surface area contributed by atoms with Crippen LogP contribution in [0.2, 0.25) is 0 Å². The average Bonchev–Trinajstić information content (AvgIpc) is 3.20. The number of ether oxygens (including phenoxy) is 1. The number of amides is 3. The van der Waals surface area contributed by atoms with Crippen LogP contribution in [-0.2, 0) is 27.2 Å². The predicted molar refractivity (Wildman–Crippen MR) is 145 cm³/mol. The molecule has 1 saturated heterocycles. The predicted octanol–water partition coefficient (Wildman–Crippen LogP) is 4.43. The Bertz CT molecular complexity index is 1460. The standard InChI is InChI=1S/C31H33FN4O4/c1-15-26-21-13-24(27(15)26)36(30(39)40-31(2,3)4)28(21)29(38)34-20(14-33)10-18-6-5-17(11-22(18)32)16-7-8-23-19(9-16)12-25(37)35-23/h5-9,11,15,20-21,24,26-28H,10,12-13H2,1-4H3,(H,34,38)(H,35,37)/t15-,20-,21+,24-,26?,27?,28-/m0/s1. The van der Waals surface area contributed by atoms with Crippen molar-refractivity contribution in [3.05, 3.63) is 53.3 Å². The number of nitrogens with zero attached hydrogens (tertiary/aromatic N) is 2. The van der Waals surface area contributed by atoms with Gasteiger partial charge in [-0.05, 0) is 91.3 Å². The molecule has 2 bridgehead atoms. The molecular formula is C31H33FN4O4. The first-order chi connectivity index (χ1) is 18.9. The summed E-state index contributed by atoms with van der Waals surface area (Å²) >= 11 is 0. The molecule has 40 heavy (non-hydrogen) atoms. The van der Waals surface area contributed by atoms with Gasteiger partial charge in [0.25, 0.3) is 0 Å². The minimum Gasteiger partial charge on any atom is -0.444 e. The number of anilines is 1. The summed E-state index contributed by atoms with van der Waals surface area (Å²) in [6.45, 7) is 7.55. The molecule has 8 nitrogen and oxygen atoms in total. The van der Waals surface area contributed by atoms with Crippen molar-refractivity contribution in [3.8, 4) is 17.2 Å². The maximum absolute atomic E-state index is 15.2.